The van der Waals surface area contributed by atoms with E-state index < -0.39 is 23.8 Å². The second-order valence-electron chi connectivity index (χ2n) is 8.41. The van der Waals surface area contributed by atoms with Gasteiger partial charge in [-0.2, -0.15) is 0 Å². The summed E-state index contributed by atoms with van der Waals surface area (Å²) in [4.78, 5) is 29.9. The minimum absolute atomic E-state index is 0.108. The summed E-state index contributed by atoms with van der Waals surface area (Å²) in [7, 11) is 0. The van der Waals surface area contributed by atoms with Crippen molar-refractivity contribution in [3.05, 3.63) is 78.3 Å². The molecule has 1 atom stereocenters. The second-order valence-corrected chi connectivity index (χ2v) is 8.41. The molecule has 5 nitrogen and oxygen atoms in total. The summed E-state index contributed by atoms with van der Waals surface area (Å²) < 4.78 is 18.9. The maximum Gasteiger partial charge on any atom is 0.309 e. The van der Waals surface area contributed by atoms with Crippen LogP contribution in [0.25, 0.3) is 22.0 Å². The number of carbonyl (C=O) groups excluding carboxylic acids is 2. The van der Waals surface area contributed by atoms with Crippen LogP contribution in [0.4, 0.5) is 4.39 Å². The highest BCUT2D eigenvalue weighted by molar-refractivity contribution is 5.98. The van der Waals surface area contributed by atoms with E-state index in [0.29, 0.717) is 22.4 Å². The number of fused-ring (bicyclic) bond motifs is 1. The first kappa shape index (κ1) is 22.8. The van der Waals surface area contributed by atoms with Gasteiger partial charge in [0.05, 0.1) is 24.2 Å². The lowest BCUT2D eigenvalue weighted by atomic mass is 9.78. The number of para-hydroxylation sites is 1. The summed E-state index contributed by atoms with van der Waals surface area (Å²) in [6, 6.07) is 13.5. The van der Waals surface area contributed by atoms with Gasteiger partial charge in [0.15, 0.2) is 5.78 Å². The van der Waals surface area contributed by atoms with Crippen LogP contribution in [0.3, 0.4) is 0 Å². The number of benzene rings is 2. The number of ketones is 1. The molecule has 33 heavy (non-hydrogen) atoms. The molecule has 1 fully saturated rings. The largest absolute Gasteiger partial charge is 0.466 e. The topological polar surface area (TPSA) is 76.5 Å². The number of halogens is 1. The Bertz CT molecular complexity index is 1220. The van der Waals surface area contributed by atoms with Crippen molar-refractivity contribution >= 4 is 22.7 Å². The molecule has 6 heteroatoms. The van der Waals surface area contributed by atoms with Gasteiger partial charge < -0.3 is 9.84 Å². The van der Waals surface area contributed by atoms with E-state index in [4.69, 9.17) is 9.72 Å². The first-order chi connectivity index (χ1) is 15.9. The molecule has 0 spiro atoms. The maximum absolute atomic E-state index is 13.8. The predicted molar refractivity (Wildman–Crippen MR) is 124 cm³/mol. The molecular formula is C27H26FNO4. The number of rotatable bonds is 9. The van der Waals surface area contributed by atoms with Crippen molar-refractivity contribution < 1.29 is 23.8 Å². The van der Waals surface area contributed by atoms with Gasteiger partial charge in [-0.05, 0) is 55.2 Å². The molecule has 1 aliphatic rings. The number of carbonyl (C=O) groups is 2. The Hall–Kier alpha value is -3.38. The molecule has 1 aromatic heterocycles. The van der Waals surface area contributed by atoms with Crippen LogP contribution in [-0.4, -0.2) is 28.4 Å². The zero-order valence-electron chi connectivity index (χ0n) is 18.5. The number of nitrogens with zero attached hydrogens (tertiary/aromatic N) is 1. The van der Waals surface area contributed by atoms with Gasteiger partial charge in [-0.15, -0.1) is 0 Å². The molecule has 1 aliphatic carbocycles. The van der Waals surface area contributed by atoms with E-state index in [0.717, 1.165) is 29.8 Å². The van der Waals surface area contributed by atoms with Crippen molar-refractivity contribution in [3.8, 4) is 11.1 Å². The lowest BCUT2D eigenvalue weighted by Gasteiger charge is -2.32. The fourth-order valence-electron chi connectivity index (χ4n) is 4.32. The van der Waals surface area contributed by atoms with Gasteiger partial charge in [-0.25, -0.2) is 4.39 Å². The van der Waals surface area contributed by atoms with Crippen LogP contribution in [0, 0.1) is 5.82 Å². The number of aliphatic hydroxyl groups is 1. The molecule has 3 aromatic rings. The molecule has 2 aromatic carbocycles. The van der Waals surface area contributed by atoms with Crippen molar-refractivity contribution in [1.29, 1.82) is 0 Å². The Balaban J connectivity index is 2.06. The summed E-state index contributed by atoms with van der Waals surface area (Å²) >= 11 is 0. The number of aromatic nitrogens is 1. The summed E-state index contributed by atoms with van der Waals surface area (Å²) in [5.41, 5.74) is 1.27. The number of pyridine rings is 1. The van der Waals surface area contributed by atoms with E-state index in [1.165, 1.54) is 12.1 Å². The average molecular weight is 448 g/mol. The molecule has 170 valence electrons. The number of allylic oxidation sites excluding steroid dienone is 1. The minimum Gasteiger partial charge on any atom is -0.466 e. The van der Waals surface area contributed by atoms with Crippen molar-refractivity contribution in [3.63, 3.8) is 0 Å². The lowest BCUT2D eigenvalue weighted by Crippen LogP contribution is -2.34. The van der Waals surface area contributed by atoms with Crippen LogP contribution in [0.5, 0.6) is 0 Å². The molecule has 0 amide bonds. The second kappa shape index (κ2) is 9.24. The molecule has 1 heterocycles. The van der Waals surface area contributed by atoms with Gasteiger partial charge in [0.25, 0.3) is 0 Å². The molecule has 0 saturated heterocycles. The number of ether oxygens (including phenoxy) is 1. The first-order valence-corrected chi connectivity index (χ1v) is 11.1. The number of esters is 1. The van der Waals surface area contributed by atoms with Crippen LogP contribution >= 0.6 is 0 Å². The van der Waals surface area contributed by atoms with Crippen LogP contribution in [-0.2, 0) is 19.9 Å². The number of hydrogen-bond donors (Lipinski definition) is 1. The van der Waals surface area contributed by atoms with E-state index in [-0.39, 0.29) is 24.8 Å². The normalized spacial score (nSPS) is 15.1. The van der Waals surface area contributed by atoms with Gasteiger partial charge in [0, 0.05) is 23.3 Å². The van der Waals surface area contributed by atoms with Crippen LogP contribution in [0.1, 0.15) is 49.8 Å². The highest BCUT2D eigenvalue weighted by atomic mass is 19.1. The van der Waals surface area contributed by atoms with Gasteiger partial charge in [-0.1, -0.05) is 36.9 Å². The summed E-state index contributed by atoms with van der Waals surface area (Å²) in [5, 5.41) is 12.8. The minimum atomic E-state index is -1.86. The zero-order chi connectivity index (χ0) is 23.6. The molecule has 0 bridgehead atoms. The molecule has 1 saturated carbocycles. The Morgan fingerprint density at radius 2 is 1.88 bits per heavy atom. The van der Waals surface area contributed by atoms with Gasteiger partial charge in [0.2, 0.25) is 0 Å². The molecule has 0 radical (unpaired) electrons. The van der Waals surface area contributed by atoms with E-state index in [9.17, 15) is 19.1 Å². The standard InChI is InChI=1S/C27H26FNO4/c1-3-20(30)15-27(32,16-23(31)33-4-2)25-24(17-11-13-19(28)14-12-17)21-7-5-6-8-22(21)29-26(25)18-9-10-18/h3,5-8,11-14,18,32H,1,4,9-10,15-16H2,2H3. The quantitative estimate of drug-likeness (QED) is 0.360. The highest BCUT2D eigenvalue weighted by Gasteiger charge is 2.43. The van der Waals surface area contributed by atoms with Gasteiger partial charge in [-0.3, -0.25) is 14.6 Å². The van der Waals surface area contributed by atoms with Crippen molar-refractivity contribution in [2.24, 2.45) is 0 Å². The fourth-order valence-corrected chi connectivity index (χ4v) is 4.32. The third-order valence-electron chi connectivity index (χ3n) is 5.92. The highest BCUT2D eigenvalue weighted by Crippen LogP contribution is 2.49. The lowest BCUT2D eigenvalue weighted by molar-refractivity contribution is -0.150. The summed E-state index contributed by atoms with van der Waals surface area (Å²) in [5.74, 6) is -1.29. The molecule has 1 unspecified atom stereocenters. The van der Waals surface area contributed by atoms with E-state index >= 15 is 0 Å². The Morgan fingerprint density at radius 1 is 1.18 bits per heavy atom. The molecule has 0 aliphatic heterocycles. The van der Waals surface area contributed by atoms with Crippen LogP contribution in [0.2, 0.25) is 0 Å². The SMILES string of the molecule is C=CC(=O)CC(O)(CC(=O)OCC)c1c(C2CC2)nc2ccccc2c1-c1ccc(F)cc1. The maximum atomic E-state index is 13.8. The Morgan fingerprint density at radius 3 is 2.52 bits per heavy atom. The smallest absolute Gasteiger partial charge is 0.309 e. The fraction of sp³-hybridized carbons (Fsp3) is 0.296. The number of hydrogen-bond acceptors (Lipinski definition) is 5. The zero-order valence-corrected chi connectivity index (χ0v) is 18.5. The predicted octanol–water partition coefficient (Wildman–Crippen LogP) is 5.20. The van der Waals surface area contributed by atoms with E-state index in [1.54, 1.807) is 19.1 Å². The van der Waals surface area contributed by atoms with Crippen molar-refractivity contribution in [2.75, 3.05) is 6.61 Å². The summed E-state index contributed by atoms with van der Waals surface area (Å²) in [6.45, 7) is 5.37. The monoisotopic (exact) mass is 447 g/mol. The van der Waals surface area contributed by atoms with Crippen molar-refractivity contribution in [2.45, 2.75) is 44.1 Å². The summed E-state index contributed by atoms with van der Waals surface area (Å²) in [6.07, 6.45) is 2.18. The van der Waals surface area contributed by atoms with Gasteiger partial charge >= 0.3 is 5.97 Å². The molecule has 4 rings (SSSR count). The van der Waals surface area contributed by atoms with E-state index in [2.05, 4.69) is 6.58 Å². The molecule has 1 N–H and O–H groups in total. The average Bonchev–Trinajstić information content (AvgIpc) is 3.64. The Labute approximate surface area is 191 Å². The van der Waals surface area contributed by atoms with Gasteiger partial charge in [0.1, 0.15) is 11.4 Å². The molecular weight excluding hydrogens is 421 g/mol. The Kier molecular flexibility index (Phi) is 6.38. The van der Waals surface area contributed by atoms with Crippen LogP contribution in [0.15, 0.2) is 61.2 Å². The third kappa shape index (κ3) is 4.71. The van der Waals surface area contributed by atoms with Crippen LogP contribution < -0.4 is 0 Å². The third-order valence-corrected chi connectivity index (χ3v) is 5.92. The van der Waals surface area contributed by atoms with E-state index in [1.807, 2.05) is 24.3 Å². The first-order valence-electron chi connectivity index (χ1n) is 11.1. The van der Waals surface area contributed by atoms with Crippen molar-refractivity contribution in [1.82, 2.24) is 4.98 Å².